The Kier molecular flexibility index (Phi) is 5.48. The van der Waals surface area contributed by atoms with Gasteiger partial charge in [0.15, 0.2) is 11.5 Å². The van der Waals surface area contributed by atoms with E-state index in [2.05, 4.69) is 11.4 Å². The minimum atomic E-state index is 0.370. The van der Waals surface area contributed by atoms with Crippen molar-refractivity contribution in [1.82, 2.24) is 5.32 Å². The number of methoxy groups -OCH3 is 1. The van der Waals surface area contributed by atoms with Gasteiger partial charge in [-0.15, -0.1) is 0 Å². The van der Waals surface area contributed by atoms with Crippen LogP contribution in [0.5, 0.6) is 11.5 Å². The van der Waals surface area contributed by atoms with Gasteiger partial charge in [0, 0.05) is 19.6 Å². The second-order valence-electron chi connectivity index (χ2n) is 4.79. The molecule has 0 aliphatic carbocycles. The summed E-state index contributed by atoms with van der Waals surface area (Å²) >= 11 is 0. The van der Waals surface area contributed by atoms with Crippen LogP contribution < -0.4 is 14.8 Å². The Balaban J connectivity index is 1.87. The molecule has 1 saturated heterocycles. The molecule has 1 N–H and O–H groups in total. The first-order valence-electron chi connectivity index (χ1n) is 6.89. The largest absolute Gasteiger partial charge is 0.493 e. The molecule has 2 rings (SSSR count). The third-order valence-corrected chi connectivity index (χ3v) is 3.33. The van der Waals surface area contributed by atoms with Gasteiger partial charge in [0.25, 0.3) is 0 Å². The average molecular weight is 265 g/mol. The minimum Gasteiger partial charge on any atom is -0.493 e. The molecule has 19 heavy (non-hydrogen) atoms. The van der Waals surface area contributed by atoms with Crippen LogP contribution in [0.25, 0.3) is 0 Å². The molecule has 1 heterocycles. The van der Waals surface area contributed by atoms with Gasteiger partial charge in [0.1, 0.15) is 0 Å². The lowest BCUT2D eigenvalue weighted by atomic mass is 10.2. The van der Waals surface area contributed by atoms with Crippen molar-refractivity contribution in [3.05, 3.63) is 23.8 Å². The van der Waals surface area contributed by atoms with Crippen LogP contribution in [0.15, 0.2) is 18.2 Å². The molecule has 1 aliphatic heterocycles. The lowest BCUT2D eigenvalue weighted by molar-refractivity contribution is 0.0899. The number of nitrogens with one attached hydrogen (secondary N) is 1. The van der Waals surface area contributed by atoms with Crippen molar-refractivity contribution < 1.29 is 14.2 Å². The predicted octanol–water partition coefficient (Wildman–Crippen LogP) is 2.36. The fourth-order valence-electron chi connectivity index (χ4n) is 2.32. The molecule has 0 spiro atoms. The van der Waals surface area contributed by atoms with Crippen molar-refractivity contribution in [2.45, 2.75) is 31.9 Å². The van der Waals surface area contributed by atoms with Gasteiger partial charge in [-0.1, -0.05) is 6.07 Å². The number of hydrogen-bond acceptors (Lipinski definition) is 4. The van der Waals surface area contributed by atoms with Crippen LogP contribution in [0.2, 0.25) is 0 Å². The fourth-order valence-corrected chi connectivity index (χ4v) is 2.32. The maximum Gasteiger partial charge on any atom is 0.161 e. The molecular weight excluding hydrogens is 242 g/mol. The lowest BCUT2D eigenvalue weighted by Crippen LogP contribution is -2.11. The van der Waals surface area contributed by atoms with Gasteiger partial charge in [-0.05, 0) is 37.6 Å². The average Bonchev–Trinajstić information content (AvgIpc) is 2.93. The molecule has 0 aromatic heterocycles. The zero-order valence-electron chi connectivity index (χ0n) is 11.8. The Hall–Kier alpha value is -1.26. The van der Waals surface area contributed by atoms with E-state index in [9.17, 15) is 0 Å². The Labute approximate surface area is 115 Å². The maximum atomic E-state index is 5.80. The van der Waals surface area contributed by atoms with E-state index in [-0.39, 0.29) is 0 Å². The number of ether oxygens (including phenoxy) is 3. The normalized spacial score (nSPS) is 18.5. The molecule has 106 valence electrons. The van der Waals surface area contributed by atoms with Crippen LogP contribution >= 0.6 is 0 Å². The molecule has 0 bridgehead atoms. The van der Waals surface area contributed by atoms with Crippen LogP contribution in [-0.4, -0.2) is 33.5 Å². The van der Waals surface area contributed by atoms with Crippen LogP contribution in [0.1, 0.15) is 24.8 Å². The lowest BCUT2D eigenvalue weighted by Gasteiger charge is -2.14. The summed E-state index contributed by atoms with van der Waals surface area (Å²) < 4.78 is 16.7. The highest BCUT2D eigenvalue weighted by atomic mass is 16.5. The Morgan fingerprint density at radius 2 is 2.26 bits per heavy atom. The molecule has 1 unspecified atom stereocenters. The van der Waals surface area contributed by atoms with Crippen LogP contribution in [0.4, 0.5) is 0 Å². The highest BCUT2D eigenvalue weighted by molar-refractivity contribution is 5.42. The summed E-state index contributed by atoms with van der Waals surface area (Å²) in [5.74, 6) is 1.60. The summed E-state index contributed by atoms with van der Waals surface area (Å²) in [7, 11) is 3.60. The number of rotatable bonds is 7. The molecule has 4 nitrogen and oxygen atoms in total. The topological polar surface area (TPSA) is 39.7 Å². The van der Waals surface area contributed by atoms with E-state index in [0.717, 1.165) is 37.5 Å². The zero-order valence-corrected chi connectivity index (χ0v) is 11.8. The first-order chi connectivity index (χ1) is 9.33. The third kappa shape index (κ3) is 4.11. The van der Waals surface area contributed by atoms with Gasteiger partial charge in [0.05, 0.1) is 19.8 Å². The van der Waals surface area contributed by atoms with E-state index >= 15 is 0 Å². The van der Waals surface area contributed by atoms with E-state index in [1.165, 1.54) is 12.0 Å². The summed E-state index contributed by atoms with van der Waals surface area (Å²) in [4.78, 5) is 0. The highest BCUT2D eigenvalue weighted by Gasteiger charge is 2.15. The smallest absolute Gasteiger partial charge is 0.161 e. The van der Waals surface area contributed by atoms with Gasteiger partial charge < -0.3 is 19.5 Å². The summed E-state index contributed by atoms with van der Waals surface area (Å²) in [6.45, 7) is 2.39. The van der Waals surface area contributed by atoms with Crippen LogP contribution in [0.3, 0.4) is 0 Å². The molecule has 0 amide bonds. The first kappa shape index (κ1) is 14.2. The maximum absolute atomic E-state index is 5.80. The van der Waals surface area contributed by atoms with Gasteiger partial charge >= 0.3 is 0 Å². The molecule has 0 radical (unpaired) electrons. The second-order valence-corrected chi connectivity index (χ2v) is 4.79. The molecule has 1 aromatic rings. The van der Waals surface area contributed by atoms with E-state index in [1.807, 2.05) is 19.2 Å². The summed E-state index contributed by atoms with van der Waals surface area (Å²) in [6, 6.07) is 6.04. The Morgan fingerprint density at radius 1 is 1.37 bits per heavy atom. The summed E-state index contributed by atoms with van der Waals surface area (Å²) in [5, 5.41) is 3.12. The van der Waals surface area contributed by atoms with Crippen LogP contribution in [-0.2, 0) is 11.3 Å². The minimum absolute atomic E-state index is 0.370. The van der Waals surface area contributed by atoms with Crippen molar-refractivity contribution in [1.29, 1.82) is 0 Å². The quantitative estimate of drug-likeness (QED) is 0.821. The number of hydrogen-bond donors (Lipinski definition) is 1. The van der Waals surface area contributed by atoms with Gasteiger partial charge in [-0.25, -0.2) is 0 Å². The molecule has 0 saturated carbocycles. The Bertz CT molecular complexity index is 389. The highest BCUT2D eigenvalue weighted by Crippen LogP contribution is 2.28. The van der Waals surface area contributed by atoms with Gasteiger partial charge in [0.2, 0.25) is 0 Å². The monoisotopic (exact) mass is 265 g/mol. The van der Waals surface area contributed by atoms with Gasteiger partial charge in [-0.2, -0.15) is 0 Å². The summed E-state index contributed by atoms with van der Waals surface area (Å²) in [6.07, 6.45) is 3.64. The molecule has 1 fully saturated rings. The standard InChI is InChI=1S/C15H23NO3/c1-16-11-12-5-6-14(15(10-12)17-2)19-9-7-13-4-3-8-18-13/h5-6,10,13,16H,3-4,7-9,11H2,1-2H3. The van der Waals surface area contributed by atoms with E-state index < -0.39 is 0 Å². The SMILES string of the molecule is CNCc1ccc(OCCC2CCCO2)c(OC)c1. The Morgan fingerprint density at radius 3 is 2.95 bits per heavy atom. The molecule has 1 aromatic carbocycles. The van der Waals surface area contributed by atoms with Gasteiger partial charge in [-0.3, -0.25) is 0 Å². The first-order valence-corrected chi connectivity index (χ1v) is 6.89. The van der Waals surface area contributed by atoms with Crippen molar-refractivity contribution in [3.8, 4) is 11.5 Å². The second kappa shape index (κ2) is 7.36. The fraction of sp³-hybridized carbons (Fsp3) is 0.600. The van der Waals surface area contributed by atoms with Crippen molar-refractivity contribution in [2.75, 3.05) is 27.4 Å². The van der Waals surface area contributed by atoms with E-state index in [4.69, 9.17) is 14.2 Å². The third-order valence-electron chi connectivity index (χ3n) is 3.33. The summed E-state index contributed by atoms with van der Waals surface area (Å²) in [5.41, 5.74) is 1.19. The van der Waals surface area contributed by atoms with E-state index in [0.29, 0.717) is 12.7 Å². The molecule has 1 aliphatic rings. The molecular formula is C15H23NO3. The number of benzene rings is 1. The van der Waals surface area contributed by atoms with Crippen LogP contribution in [0, 0.1) is 0 Å². The predicted molar refractivity (Wildman–Crippen MR) is 74.8 cm³/mol. The van der Waals surface area contributed by atoms with Crippen molar-refractivity contribution >= 4 is 0 Å². The zero-order chi connectivity index (χ0) is 13.5. The van der Waals surface area contributed by atoms with E-state index in [1.54, 1.807) is 7.11 Å². The molecule has 1 atom stereocenters. The van der Waals surface area contributed by atoms with Crippen molar-refractivity contribution in [3.63, 3.8) is 0 Å². The molecule has 4 heteroatoms. The van der Waals surface area contributed by atoms with Crippen molar-refractivity contribution in [2.24, 2.45) is 0 Å².